The minimum Gasteiger partial charge on any atom is -0.344 e. The lowest BCUT2D eigenvalue weighted by atomic mass is 10.2. The fourth-order valence-corrected chi connectivity index (χ4v) is 3.49. The van der Waals surface area contributed by atoms with Crippen molar-refractivity contribution in [2.24, 2.45) is 0 Å². The van der Waals surface area contributed by atoms with Crippen LogP contribution in [0.25, 0.3) is 6.08 Å². The van der Waals surface area contributed by atoms with E-state index in [1.807, 2.05) is 44.2 Å². The fourth-order valence-electron chi connectivity index (χ4n) is 3.49. The highest BCUT2D eigenvalue weighted by molar-refractivity contribution is 6.28. The van der Waals surface area contributed by atoms with Gasteiger partial charge >= 0.3 is 6.03 Å². The third kappa shape index (κ3) is 3.22. The van der Waals surface area contributed by atoms with Crippen LogP contribution in [0.2, 0.25) is 0 Å². The molecule has 1 N–H and O–H groups in total. The first kappa shape index (κ1) is 17.8. The van der Waals surface area contributed by atoms with Crippen LogP contribution < -0.4 is 10.2 Å². The summed E-state index contributed by atoms with van der Waals surface area (Å²) in [4.78, 5) is 26.3. The molecule has 1 aromatic heterocycles. The van der Waals surface area contributed by atoms with Gasteiger partial charge in [0.05, 0.1) is 5.69 Å². The molecule has 1 fully saturated rings. The van der Waals surface area contributed by atoms with Crippen molar-refractivity contribution >= 4 is 23.7 Å². The Bertz CT molecular complexity index is 1070. The van der Waals surface area contributed by atoms with Gasteiger partial charge in [-0.2, -0.15) is 0 Å². The SMILES string of the molecule is Cc1cc(/C=C2\NC(=O)N(c3ccccc3)C2=O)c(C)n1Cc1ccccc1. The number of para-hydroxylation sites is 1. The molecule has 3 amide bonds. The van der Waals surface area contributed by atoms with E-state index < -0.39 is 6.03 Å². The Morgan fingerprint density at radius 2 is 1.57 bits per heavy atom. The van der Waals surface area contributed by atoms with Crippen LogP contribution in [0.1, 0.15) is 22.5 Å². The summed E-state index contributed by atoms with van der Waals surface area (Å²) in [6.07, 6.45) is 1.76. The van der Waals surface area contributed by atoms with Crippen LogP contribution in [0.15, 0.2) is 72.4 Å². The van der Waals surface area contributed by atoms with Crippen LogP contribution in [0.4, 0.5) is 10.5 Å². The van der Waals surface area contributed by atoms with Crippen molar-refractivity contribution in [3.05, 3.63) is 94.9 Å². The number of rotatable bonds is 4. The number of urea groups is 1. The zero-order valence-electron chi connectivity index (χ0n) is 15.8. The summed E-state index contributed by atoms with van der Waals surface area (Å²) in [5.41, 5.74) is 5.13. The van der Waals surface area contributed by atoms with Crippen LogP contribution in [0.5, 0.6) is 0 Å². The van der Waals surface area contributed by atoms with Crippen molar-refractivity contribution in [3.63, 3.8) is 0 Å². The number of hydrogen-bond donors (Lipinski definition) is 1. The molecule has 2 heterocycles. The average molecular weight is 371 g/mol. The Hall–Kier alpha value is -3.60. The van der Waals surface area contributed by atoms with Crippen molar-refractivity contribution in [1.82, 2.24) is 9.88 Å². The van der Waals surface area contributed by atoms with E-state index in [0.717, 1.165) is 28.4 Å². The highest BCUT2D eigenvalue weighted by Crippen LogP contribution is 2.24. The standard InChI is InChI=1S/C23H21N3O2/c1-16-13-19(17(2)25(16)15-18-9-5-3-6-10-18)14-21-22(27)26(23(28)24-21)20-11-7-4-8-12-20/h3-14H,15H2,1-2H3,(H,24,28)/b21-14-. The third-order valence-corrected chi connectivity index (χ3v) is 4.99. The second-order valence-electron chi connectivity index (χ2n) is 6.86. The maximum atomic E-state index is 12.8. The first-order valence-electron chi connectivity index (χ1n) is 9.17. The third-order valence-electron chi connectivity index (χ3n) is 4.99. The Kier molecular flexibility index (Phi) is 4.57. The molecule has 0 unspecified atom stereocenters. The minimum atomic E-state index is -0.430. The fraction of sp³-hybridized carbons (Fsp3) is 0.130. The van der Waals surface area contributed by atoms with Gasteiger partial charge in [0.2, 0.25) is 0 Å². The lowest BCUT2D eigenvalue weighted by molar-refractivity contribution is -0.113. The number of benzene rings is 2. The molecular weight excluding hydrogens is 350 g/mol. The summed E-state index contributed by atoms with van der Waals surface area (Å²) in [5, 5.41) is 2.70. The number of amides is 3. The first-order valence-corrected chi connectivity index (χ1v) is 9.17. The molecule has 1 aliphatic rings. The number of anilines is 1. The molecule has 140 valence electrons. The minimum absolute atomic E-state index is 0.286. The summed E-state index contributed by atoms with van der Waals surface area (Å²) in [5.74, 6) is -0.343. The van der Waals surface area contributed by atoms with Gasteiger partial charge in [-0.25, -0.2) is 9.69 Å². The molecule has 4 rings (SSSR count). The average Bonchev–Trinajstić information content (AvgIpc) is 3.13. The van der Waals surface area contributed by atoms with Crippen LogP contribution in [0.3, 0.4) is 0 Å². The maximum Gasteiger partial charge on any atom is 0.333 e. The van der Waals surface area contributed by atoms with E-state index in [2.05, 4.69) is 22.0 Å². The number of nitrogens with one attached hydrogen (secondary N) is 1. The lowest BCUT2D eigenvalue weighted by Crippen LogP contribution is -2.30. The Labute approximate surface area is 163 Å². The van der Waals surface area contributed by atoms with E-state index in [0.29, 0.717) is 5.69 Å². The highest BCUT2D eigenvalue weighted by atomic mass is 16.2. The van der Waals surface area contributed by atoms with Crippen LogP contribution in [-0.2, 0) is 11.3 Å². The molecule has 0 spiro atoms. The van der Waals surface area contributed by atoms with E-state index in [4.69, 9.17) is 0 Å². The van der Waals surface area contributed by atoms with E-state index in [1.165, 1.54) is 5.56 Å². The number of carbonyl (C=O) groups is 2. The quantitative estimate of drug-likeness (QED) is 0.551. The number of aryl methyl sites for hydroxylation is 1. The Morgan fingerprint density at radius 3 is 2.25 bits per heavy atom. The molecule has 0 atom stereocenters. The number of nitrogens with zero attached hydrogens (tertiary/aromatic N) is 2. The summed E-state index contributed by atoms with van der Waals surface area (Å²) >= 11 is 0. The zero-order valence-corrected chi connectivity index (χ0v) is 15.8. The van der Waals surface area contributed by atoms with E-state index >= 15 is 0 Å². The van der Waals surface area contributed by atoms with Crippen molar-refractivity contribution in [2.45, 2.75) is 20.4 Å². The molecule has 0 saturated carbocycles. The van der Waals surface area contributed by atoms with Crippen LogP contribution in [-0.4, -0.2) is 16.5 Å². The number of carbonyl (C=O) groups excluding carboxylic acids is 2. The van der Waals surface area contributed by atoms with Gasteiger partial charge in [-0.15, -0.1) is 0 Å². The smallest absolute Gasteiger partial charge is 0.333 e. The molecule has 5 nitrogen and oxygen atoms in total. The van der Waals surface area contributed by atoms with Gasteiger partial charge in [0.1, 0.15) is 5.70 Å². The number of imide groups is 1. The van der Waals surface area contributed by atoms with Crippen LogP contribution >= 0.6 is 0 Å². The van der Waals surface area contributed by atoms with Gasteiger partial charge in [-0.1, -0.05) is 48.5 Å². The van der Waals surface area contributed by atoms with Crippen molar-refractivity contribution in [1.29, 1.82) is 0 Å². The van der Waals surface area contributed by atoms with Crippen LogP contribution in [0, 0.1) is 13.8 Å². The van der Waals surface area contributed by atoms with Gasteiger partial charge in [-0.3, -0.25) is 4.79 Å². The highest BCUT2D eigenvalue weighted by Gasteiger charge is 2.34. The molecule has 5 heteroatoms. The van der Waals surface area contributed by atoms with E-state index in [9.17, 15) is 9.59 Å². The summed E-state index contributed by atoms with van der Waals surface area (Å²) in [6, 6.07) is 20.8. The number of hydrogen-bond acceptors (Lipinski definition) is 2. The molecule has 0 radical (unpaired) electrons. The zero-order chi connectivity index (χ0) is 19.7. The molecule has 0 bridgehead atoms. The van der Waals surface area contributed by atoms with Gasteiger partial charge < -0.3 is 9.88 Å². The van der Waals surface area contributed by atoms with Crippen molar-refractivity contribution in [2.75, 3.05) is 4.90 Å². The second kappa shape index (κ2) is 7.19. The molecule has 0 aliphatic carbocycles. The molecule has 28 heavy (non-hydrogen) atoms. The molecule has 3 aromatic rings. The van der Waals surface area contributed by atoms with Gasteiger partial charge in [0.15, 0.2) is 0 Å². The van der Waals surface area contributed by atoms with Gasteiger partial charge in [0.25, 0.3) is 5.91 Å². The first-order chi connectivity index (χ1) is 13.5. The van der Waals surface area contributed by atoms with E-state index in [-0.39, 0.29) is 11.6 Å². The van der Waals surface area contributed by atoms with Gasteiger partial charge in [-0.05, 0) is 49.2 Å². The summed E-state index contributed by atoms with van der Waals surface area (Å²) < 4.78 is 2.21. The Morgan fingerprint density at radius 1 is 0.929 bits per heavy atom. The Balaban J connectivity index is 1.64. The number of aromatic nitrogens is 1. The second-order valence-corrected chi connectivity index (χ2v) is 6.86. The molecule has 1 saturated heterocycles. The summed E-state index contributed by atoms with van der Waals surface area (Å²) in [7, 11) is 0. The predicted molar refractivity (Wildman–Crippen MR) is 110 cm³/mol. The predicted octanol–water partition coefficient (Wildman–Crippen LogP) is 4.25. The molecular formula is C23H21N3O2. The van der Waals surface area contributed by atoms with Gasteiger partial charge in [0, 0.05) is 17.9 Å². The maximum absolute atomic E-state index is 12.8. The van der Waals surface area contributed by atoms with Crippen molar-refractivity contribution in [3.8, 4) is 0 Å². The molecule has 1 aliphatic heterocycles. The van der Waals surface area contributed by atoms with E-state index in [1.54, 1.807) is 30.3 Å². The monoisotopic (exact) mass is 371 g/mol. The normalized spacial score (nSPS) is 15.4. The summed E-state index contributed by atoms with van der Waals surface area (Å²) in [6.45, 7) is 4.83. The molecule has 2 aromatic carbocycles. The lowest BCUT2D eigenvalue weighted by Gasteiger charge is -2.11. The largest absolute Gasteiger partial charge is 0.344 e. The topological polar surface area (TPSA) is 54.3 Å². The van der Waals surface area contributed by atoms with Crippen molar-refractivity contribution < 1.29 is 9.59 Å².